The first-order valence-electron chi connectivity index (χ1n) is 8.05. The van der Waals surface area contributed by atoms with Crippen molar-refractivity contribution in [1.29, 1.82) is 0 Å². The van der Waals surface area contributed by atoms with E-state index >= 15 is 0 Å². The van der Waals surface area contributed by atoms with Crippen LogP contribution in [0, 0.1) is 0 Å². The molecule has 1 N–H and O–H groups in total. The number of aryl methyl sites for hydroxylation is 1. The second-order valence-electron chi connectivity index (χ2n) is 6.02. The molecule has 1 saturated heterocycles. The van der Waals surface area contributed by atoms with Crippen molar-refractivity contribution in [3.8, 4) is 0 Å². The molecule has 0 spiro atoms. The fourth-order valence-electron chi connectivity index (χ4n) is 3.22. The number of hydrogen-bond acceptors (Lipinski definition) is 3. The Morgan fingerprint density at radius 1 is 0.952 bits per heavy atom. The maximum Gasteiger partial charge on any atom is 0.243 e. The summed E-state index contributed by atoms with van der Waals surface area (Å²) in [5.41, 5.74) is 2.22. The summed E-state index contributed by atoms with van der Waals surface area (Å²) in [6.07, 6.45) is 7.50. The number of nitrogens with zero attached hydrogens (tertiary/aromatic N) is 1. The number of anilines is 1. The highest BCUT2D eigenvalue weighted by Crippen LogP contribution is 2.27. The van der Waals surface area contributed by atoms with Crippen molar-refractivity contribution in [3.05, 3.63) is 23.8 Å². The summed E-state index contributed by atoms with van der Waals surface area (Å²) in [6.45, 7) is 2.31. The summed E-state index contributed by atoms with van der Waals surface area (Å²) in [5.74, 6) is 0. The second kappa shape index (κ2) is 6.36. The van der Waals surface area contributed by atoms with Gasteiger partial charge in [-0.15, -0.1) is 0 Å². The molecule has 2 aliphatic heterocycles. The molecule has 2 heterocycles. The van der Waals surface area contributed by atoms with E-state index in [-0.39, 0.29) is 0 Å². The predicted octanol–water partition coefficient (Wildman–Crippen LogP) is 3.00. The van der Waals surface area contributed by atoms with Crippen LogP contribution in [0.1, 0.15) is 44.1 Å². The van der Waals surface area contributed by atoms with Crippen LogP contribution in [0.5, 0.6) is 0 Å². The molecule has 1 aromatic carbocycles. The highest BCUT2D eigenvalue weighted by atomic mass is 32.2. The number of rotatable bonds is 2. The quantitative estimate of drug-likeness (QED) is 0.913. The summed E-state index contributed by atoms with van der Waals surface area (Å²) in [5, 5.41) is 3.33. The largest absolute Gasteiger partial charge is 0.385 e. The van der Waals surface area contributed by atoms with Gasteiger partial charge < -0.3 is 5.32 Å². The zero-order chi connectivity index (χ0) is 14.7. The Morgan fingerprint density at radius 2 is 1.67 bits per heavy atom. The van der Waals surface area contributed by atoms with Crippen molar-refractivity contribution < 1.29 is 8.42 Å². The summed E-state index contributed by atoms with van der Waals surface area (Å²) in [7, 11) is -3.33. The molecule has 0 bridgehead atoms. The Hall–Kier alpha value is -1.07. The van der Waals surface area contributed by atoms with Crippen LogP contribution in [-0.2, 0) is 16.4 Å². The van der Waals surface area contributed by atoms with Gasteiger partial charge in [0.2, 0.25) is 10.0 Å². The van der Waals surface area contributed by atoms with Gasteiger partial charge in [-0.05, 0) is 49.4 Å². The molecular weight excluding hydrogens is 284 g/mol. The summed E-state index contributed by atoms with van der Waals surface area (Å²) in [6, 6.07) is 5.55. The van der Waals surface area contributed by atoms with Crippen LogP contribution < -0.4 is 5.32 Å². The molecule has 3 rings (SSSR count). The number of nitrogens with one attached hydrogen (secondary N) is 1. The van der Waals surface area contributed by atoms with Crippen molar-refractivity contribution in [2.45, 2.75) is 49.8 Å². The van der Waals surface area contributed by atoms with Crippen LogP contribution in [-0.4, -0.2) is 32.4 Å². The number of hydrogen-bond donors (Lipinski definition) is 1. The molecule has 0 aliphatic carbocycles. The topological polar surface area (TPSA) is 49.4 Å². The van der Waals surface area contributed by atoms with E-state index in [1.807, 2.05) is 12.1 Å². The Kier molecular flexibility index (Phi) is 4.50. The van der Waals surface area contributed by atoms with E-state index in [1.54, 1.807) is 10.4 Å². The Bertz CT molecular complexity index is 590. The Morgan fingerprint density at radius 3 is 2.43 bits per heavy atom. The Labute approximate surface area is 127 Å². The third kappa shape index (κ3) is 3.24. The molecule has 0 atom stereocenters. The van der Waals surface area contributed by atoms with Gasteiger partial charge in [-0.2, -0.15) is 4.31 Å². The van der Waals surface area contributed by atoms with Crippen molar-refractivity contribution in [3.63, 3.8) is 0 Å². The lowest BCUT2D eigenvalue weighted by molar-refractivity contribution is 0.364. The standard InChI is InChI=1S/C16H24N2O2S/c19-21(20,18-11-4-2-1-3-5-12-18)15-8-9-16-14(13-15)7-6-10-17-16/h8-9,13,17H,1-7,10-12H2. The molecule has 116 valence electrons. The van der Waals surface area contributed by atoms with Gasteiger partial charge in [0.05, 0.1) is 4.90 Å². The van der Waals surface area contributed by atoms with E-state index in [4.69, 9.17) is 0 Å². The van der Waals surface area contributed by atoms with E-state index in [1.165, 1.54) is 6.42 Å². The molecule has 5 heteroatoms. The molecule has 0 unspecified atom stereocenters. The zero-order valence-electron chi connectivity index (χ0n) is 12.5. The van der Waals surface area contributed by atoms with Gasteiger partial charge >= 0.3 is 0 Å². The third-order valence-corrected chi connectivity index (χ3v) is 6.36. The first-order chi connectivity index (χ1) is 10.2. The van der Waals surface area contributed by atoms with Gasteiger partial charge in [-0.1, -0.05) is 19.3 Å². The summed E-state index contributed by atoms with van der Waals surface area (Å²) < 4.78 is 27.4. The lowest BCUT2D eigenvalue weighted by Crippen LogP contribution is -2.34. The van der Waals surface area contributed by atoms with Crippen LogP contribution in [0.3, 0.4) is 0 Å². The Balaban J connectivity index is 1.86. The van der Waals surface area contributed by atoms with E-state index in [2.05, 4.69) is 5.32 Å². The van der Waals surface area contributed by atoms with Gasteiger partial charge in [0, 0.05) is 25.3 Å². The van der Waals surface area contributed by atoms with Crippen LogP contribution in [0.25, 0.3) is 0 Å². The molecule has 0 radical (unpaired) electrons. The number of benzene rings is 1. The minimum absolute atomic E-state index is 0.463. The van der Waals surface area contributed by atoms with Crippen molar-refractivity contribution in [2.24, 2.45) is 0 Å². The minimum atomic E-state index is -3.33. The maximum absolute atomic E-state index is 12.8. The van der Waals surface area contributed by atoms with Gasteiger partial charge in [0.25, 0.3) is 0 Å². The lowest BCUT2D eigenvalue weighted by atomic mass is 10.0. The molecule has 1 aromatic rings. The number of sulfonamides is 1. The highest BCUT2D eigenvalue weighted by molar-refractivity contribution is 7.89. The van der Waals surface area contributed by atoms with Crippen molar-refractivity contribution in [1.82, 2.24) is 4.31 Å². The van der Waals surface area contributed by atoms with Gasteiger partial charge in [0.15, 0.2) is 0 Å². The normalized spacial score (nSPS) is 21.0. The lowest BCUT2D eigenvalue weighted by Gasteiger charge is -2.25. The number of fused-ring (bicyclic) bond motifs is 1. The van der Waals surface area contributed by atoms with Gasteiger partial charge in [-0.25, -0.2) is 8.42 Å². The van der Waals surface area contributed by atoms with E-state index in [0.29, 0.717) is 18.0 Å². The molecule has 21 heavy (non-hydrogen) atoms. The first-order valence-corrected chi connectivity index (χ1v) is 9.49. The molecule has 2 aliphatic rings. The van der Waals surface area contributed by atoms with E-state index in [0.717, 1.165) is 56.3 Å². The molecule has 4 nitrogen and oxygen atoms in total. The fraction of sp³-hybridized carbons (Fsp3) is 0.625. The fourth-order valence-corrected chi connectivity index (χ4v) is 4.79. The van der Waals surface area contributed by atoms with Crippen LogP contribution in [0.2, 0.25) is 0 Å². The predicted molar refractivity (Wildman–Crippen MR) is 85.1 cm³/mol. The average molecular weight is 308 g/mol. The monoisotopic (exact) mass is 308 g/mol. The maximum atomic E-state index is 12.8. The minimum Gasteiger partial charge on any atom is -0.385 e. The SMILES string of the molecule is O=S(=O)(c1ccc2c(c1)CCCN2)N1CCCCCCC1. The van der Waals surface area contributed by atoms with Crippen LogP contribution in [0.4, 0.5) is 5.69 Å². The molecule has 0 aromatic heterocycles. The molecule has 0 amide bonds. The highest BCUT2D eigenvalue weighted by Gasteiger charge is 2.25. The molecular formula is C16H24N2O2S. The van der Waals surface area contributed by atoms with E-state index in [9.17, 15) is 8.42 Å². The average Bonchev–Trinajstić information content (AvgIpc) is 2.46. The second-order valence-corrected chi connectivity index (χ2v) is 7.96. The van der Waals surface area contributed by atoms with Gasteiger partial charge in [0.1, 0.15) is 0 Å². The van der Waals surface area contributed by atoms with Crippen molar-refractivity contribution in [2.75, 3.05) is 25.0 Å². The smallest absolute Gasteiger partial charge is 0.243 e. The van der Waals surface area contributed by atoms with Crippen LogP contribution in [0.15, 0.2) is 23.1 Å². The van der Waals surface area contributed by atoms with E-state index < -0.39 is 10.0 Å². The summed E-state index contributed by atoms with van der Waals surface area (Å²) in [4.78, 5) is 0.463. The van der Waals surface area contributed by atoms with Gasteiger partial charge in [-0.3, -0.25) is 0 Å². The van der Waals surface area contributed by atoms with Crippen molar-refractivity contribution >= 4 is 15.7 Å². The molecule has 1 fully saturated rings. The summed E-state index contributed by atoms with van der Waals surface area (Å²) >= 11 is 0. The zero-order valence-corrected chi connectivity index (χ0v) is 13.3. The molecule has 0 saturated carbocycles. The van der Waals surface area contributed by atoms with Crippen LogP contribution >= 0.6 is 0 Å². The third-order valence-electron chi connectivity index (χ3n) is 4.47. The first kappa shape index (κ1) is 14.9.